The average Bonchev–Trinajstić information content (AvgIpc) is 2.93. The van der Waals surface area contributed by atoms with Gasteiger partial charge >= 0.3 is 0 Å². The molecule has 8 heteroatoms. The van der Waals surface area contributed by atoms with Crippen molar-refractivity contribution in [3.8, 4) is 0 Å². The molecule has 3 heterocycles. The maximum absolute atomic E-state index is 9.71. The van der Waals surface area contributed by atoms with Crippen LogP contribution in [0.1, 0.15) is 12.6 Å². The molecule has 3 atom stereocenters. The highest BCUT2D eigenvalue weighted by Crippen LogP contribution is 2.30. The minimum atomic E-state index is -0.698. The molecule has 0 aliphatic carbocycles. The van der Waals surface area contributed by atoms with Crippen LogP contribution >= 0.6 is 0 Å². The predicted molar refractivity (Wildman–Crippen MR) is 61.4 cm³/mol. The summed E-state index contributed by atoms with van der Waals surface area (Å²) >= 11 is 0. The fourth-order valence-electron chi connectivity index (χ4n) is 2.13. The van der Waals surface area contributed by atoms with Crippen molar-refractivity contribution in [2.24, 2.45) is 0 Å². The highest BCUT2D eigenvalue weighted by molar-refractivity contribution is 5.81. The van der Waals surface area contributed by atoms with Crippen LogP contribution in [0.3, 0.4) is 0 Å². The summed E-state index contributed by atoms with van der Waals surface area (Å²) in [5.74, 6) is 0.302. The summed E-state index contributed by atoms with van der Waals surface area (Å²) in [6.07, 6.45) is 1.60. The Hall–Kier alpha value is -1.77. The Bertz CT molecular complexity index is 572. The van der Waals surface area contributed by atoms with Gasteiger partial charge in [-0.05, 0) is 0 Å². The zero-order valence-electron chi connectivity index (χ0n) is 9.47. The van der Waals surface area contributed by atoms with Crippen LogP contribution in [0, 0.1) is 0 Å². The Balaban J connectivity index is 1.99. The molecule has 0 aromatic carbocycles. The summed E-state index contributed by atoms with van der Waals surface area (Å²) in [6, 6.07) is 0. The van der Waals surface area contributed by atoms with Crippen molar-refractivity contribution in [3.63, 3.8) is 0 Å². The molecule has 1 aliphatic rings. The van der Waals surface area contributed by atoms with Crippen molar-refractivity contribution >= 4 is 17.0 Å². The number of aromatic nitrogens is 4. The van der Waals surface area contributed by atoms with Gasteiger partial charge in [0.05, 0.1) is 19.0 Å². The fourth-order valence-corrected chi connectivity index (χ4v) is 2.13. The molecule has 3 rings (SSSR count). The predicted octanol–water partition coefficient (Wildman–Crippen LogP) is -0.951. The van der Waals surface area contributed by atoms with Gasteiger partial charge in [0.2, 0.25) is 0 Å². The Morgan fingerprint density at radius 1 is 1.44 bits per heavy atom. The molecule has 2 unspecified atom stereocenters. The molecule has 0 saturated carbocycles. The van der Waals surface area contributed by atoms with E-state index < -0.39 is 18.4 Å². The normalized spacial score (nSPS) is 28.0. The second-order valence-electron chi connectivity index (χ2n) is 4.20. The smallest absolute Gasteiger partial charge is 0.167 e. The van der Waals surface area contributed by atoms with Gasteiger partial charge in [0, 0.05) is 6.42 Å². The van der Waals surface area contributed by atoms with Crippen molar-refractivity contribution in [2.75, 3.05) is 12.3 Å². The van der Waals surface area contributed by atoms with Gasteiger partial charge in [0.1, 0.15) is 24.2 Å². The van der Waals surface area contributed by atoms with E-state index in [1.807, 2.05) is 0 Å². The highest BCUT2D eigenvalue weighted by atomic mass is 16.5. The summed E-state index contributed by atoms with van der Waals surface area (Å²) < 4.78 is 7.22. The number of nitrogens with zero attached hydrogens (tertiary/aromatic N) is 4. The van der Waals surface area contributed by atoms with Gasteiger partial charge in [0.15, 0.2) is 11.5 Å². The molecule has 8 nitrogen and oxygen atoms in total. The lowest BCUT2D eigenvalue weighted by molar-refractivity contribution is -0.0432. The quantitative estimate of drug-likeness (QED) is 0.629. The third-order valence-corrected chi connectivity index (χ3v) is 3.08. The van der Waals surface area contributed by atoms with E-state index in [9.17, 15) is 5.11 Å². The van der Waals surface area contributed by atoms with E-state index in [2.05, 4.69) is 15.0 Å². The maximum Gasteiger partial charge on any atom is 0.167 e. The van der Waals surface area contributed by atoms with Crippen LogP contribution in [0.2, 0.25) is 0 Å². The summed E-state index contributed by atoms with van der Waals surface area (Å²) in [5, 5.41) is 18.8. The first-order valence-electron chi connectivity index (χ1n) is 5.58. The number of rotatable bonds is 2. The molecule has 2 aromatic heterocycles. The lowest BCUT2D eigenvalue weighted by atomic mass is 10.2. The second-order valence-corrected chi connectivity index (χ2v) is 4.20. The Morgan fingerprint density at radius 3 is 3.00 bits per heavy atom. The van der Waals surface area contributed by atoms with Crippen molar-refractivity contribution in [3.05, 3.63) is 12.7 Å². The summed E-state index contributed by atoms with van der Waals surface area (Å²) in [7, 11) is 0. The SMILES string of the molecule is Nc1ncnc2c1ncn2C1CC(O)[C@@H](CO)O1. The van der Waals surface area contributed by atoms with Crippen molar-refractivity contribution in [2.45, 2.75) is 24.9 Å². The first-order valence-corrected chi connectivity index (χ1v) is 5.58. The number of nitrogen functional groups attached to an aromatic ring is 1. The second kappa shape index (κ2) is 4.16. The number of anilines is 1. The van der Waals surface area contributed by atoms with E-state index >= 15 is 0 Å². The minimum absolute atomic E-state index is 0.221. The van der Waals surface area contributed by atoms with Crippen LogP contribution in [-0.2, 0) is 4.74 Å². The van der Waals surface area contributed by atoms with E-state index in [1.54, 1.807) is 10.9 Å². The van der Waals surface area contributed by atoms with Crippen LogP contribution in [0.5, 0.6) is 0 Å². The van der Waals surface area contributed by atoms with E-state index in [1.165, 1.54) is 6.33 Å². The molecule has 4 N–H and O–H groups in total. The lowest BCUT2D eigenvalue weighted by Crippen LogP contribution is -2.24. The topological polar surface area (TPSA) is 119 Å². The van der Waals surface area contributed by atoms with Crippen LogP contribution in [0.15, 0.2) is 12.7 Å². The summed E-state index contributed by atoms with van der Waals surface area (Å²) in [6.45, 7) is -0.221. The third-order valence-electron chi connectivity index (χ3n) is 3.08. The summed E-state index contributed by atoms with van der Waals surface area (Å²) in [5.41, 5.74) is 6.75. The van der Waals surface area contributed by atoms with Gasteiger partial charge in [-0.25, -0.2) is 15.0 Å². The number of ether oxygens (including phenoxy) is 1. The molecule has 18 heavy (non-hydrogen) atoms. The monoisotopic (exact) mass is 251 g/mol. The molecule has 1 aliphatic heterocycles. The van der Waals surface area contributed by atoms with Crippen molar-refractivity contribution < 1.29 is 14.9 Å². The largest absolute Gasteiger partial charge is 0.394 e. The first kappa shape index (κ1) is 11.3. The zero-order valence-corrected chi connectivity index (χ0v) is 9.47. The van der Waals surface area contributed by atoms with Gasteiger partial charge in [-0.2, -0.15) is 0 Å². The van der Waals surface area contributed by atoms with Crippen LogP contribution in [0.25, 0.3) is 11.2 Å². The molecule has 1 fully saturated rings. The van der Waals surface area contributed by atoms with E-state index in [-0.39, 0.29) is 6.61 Å². The standard InChI is InChI=1S/C10H13N5O3/c11-9-8-10(13-3-12-9)15(4-14-8)7-1-5(17)6(2-16)18-7/h3-7,16-17H,1-2H2,(H2,11,12,13)/t5?,6-,7?/m1/s1. The van der Waals surface area contributed by atoms with E-state index in [4.69, 9.17) is 15.6 Å². The minimum Gasteiger partial charge on any atom is -0.394 e. The van der Waals surface area contributed by atoms with Gasteiger partial charge in [-0.15, -0.1) is 0 Å². The summed E-state index contributed by atoms with van der Waals surface area (Å²) in [4.78, 5) is 12.1. The van der Waals surface area contributed by atoms with Crippen LogP contribution in [-0.4, -0.2) is 48.5 Å². The number of nitrogens with two attached hydrogens (primary N) is 1. The number of imidazole rings is 1. The molecular formula is C10H13N5O3. The molecule has 2 aromatic rings. The lowest BCUT2D eigenvalue weighted by Gasteiger charge is -2.13. The maximum atomic E-state index is 9.71. The molecule has 0 spiro atoms. The fraction of sp³-hybridized carbons (Fsp3) is 0.500. The molecular weight excluding hydrogens is 238 g/mol. The van der Waals surface area contributed by atoms with Crippen LogP contribution < -0.4 is 5.73 Å². The molecule has 0 bridgehead atoms. The number of aliphatic hydroxyl groups is 2. The van der Waals surface area contributed by atoms with E-state index in [0.717, 1.165) is 0 Å². The van der Waals surface area contributed by atoms with Gasteiger partial charge in [0.25, 0.3) is 0 Å². The van der Waals surface area contributed by atoms with Crippen molar-refractivity contribution in [1.82, 2.24) is 19.5 Å². The number of aliphatic hydroxyl groups excluding tert-OH is 2. The van der Waals surface area contributed by atoms with E-state index in [0.29, 0.717) is 23.4 Å². The first-order chi connectivity index (χ1) is 8.70. The number of fused-ring (bicyclic) bond motifs is 1. The Morgan fingerprint density at radius 2 is 2.28 bits per heavy atom. The van der Waals surface area contributed by atoms with Crippen LogP contribution in [0.4, 0.5) is 5.82 Å². The molecule has 0 amide bonds. The average molecular weight is 251 g/mol. The van der Waals surface area contributed by atoms with Gasteiger partial charge < -0.3 is 20.7 Å². The highest BCUT2D eigenvalue weighted by Gasteiger charge is 2.35. The Kier molecular flexibility index (Phi) is 2.62. The van der Waals surface area contributed by atoms with Gasteiger partial charge in [-0.1, -0.05) is 0 Å². The van der Waals surface area contributed by atoms with Crippen molar-refractivity contribution in [1.29, 1.82) is 0 Å². The Labute approximate surface area is 102 Å². The number of hydrogen-bond acceptors (Lipinski definition) is 7. The number of hydrogen-bond donors (Lipinski definition) is 3. The molecule has 0 radical (unpaired) electrons. The van der Waals surface area contributed by atoms with Gasteiger partial charge in [-0.3, -0.25) is 4.57 Å². The zero-order chi connectivity index (χ0) is 12.7. The molecule has 96 valence electrons. The molecule has 1 saturated heterocycles. The third kappa shape index (κ3) is 1.62.